The highest BCUT2D eigenvalue weighted by Crippen LogP contribution is 2.30. The molecule has 31 heavy (non-hydrogen) atoms. The standard InChI is InChI=1S/C25H22N4OS/c1-18-22(21-14-8-9-15-23(21)26-18)17-31-25-28-27-24(16-30-20-12-6-3-7-13-20)29(25)19-10-4-2-5-11-19/h2-15,26H,16-17H2,1H3. The Balaban J connectivity index is 1.44. The summed E-state index contributed by atoms with van der Waals surface area (Å²) in [6, 6.07) is 28.4. The Morgan fingerprint density at radius 2 is 1.58 bits per heavy atom. The van der Waals surface area contributed by atoms with E-state index in [1.807, 2.05) is 48.5 Å². The third kappa shape index (κ3) is 4.07. The number of benzene rings is 3. The van der Waals surface area contributed by atoms with Crippen molar-refractivity contribution in [2.75, 3.05) is 0 Å². The van der Waals surface area contributed by atoms with Gasteiger partial charge in [0, 0.05) is 28.0 Å². The topological polar surface area (TPSA) is 55.7 Å². The van der Waals surface area contributed by atoms with Crippen LogP contribution in [0, 0.1) is 6.92 Å². The first-order chi connectivity index (χ1) is 15.3. The third-order valence-corrected chi connectivity index (χ3v) is 6.15. The summed E-state index contributed by atoms with van der Waals surface area (Å²) >= 11 is 1.68. The van der Waals surface area contributed by atoms with Crippen molar-refractivity contribution in [3.05, 3.63) is 102 Å². The van der Waals surface area contributed by atoms with Crippen molar-refractivity contribution in [1.82, 2.24) is 19.7 Å². The molecule has 0 aliphatic heterocycles. The number of ether oxygens (including phenoxy) is 1. The lowest BCUT2D eigenvalue weighted by molar-refractivity contribution is 0.293. The van der Waals surface area contributed by atoms with Gasteiger partial charge in [-0.2, -0.15) is 0 Å². The smallest absolute Gasteiger partial charge is 0.196 e. The number of thioether (sulfide) groups is 1. The van der Waals surface area contributed by atoms with Gasteiger partial charge in [0.15, 0.2) is 11.0 Å². The average Bonchev–Trinajstić information content (AvgIpc) is 3.37. The molecule has 0 aliphatic carbocycles. The molecule has 0 aliphatic rings. The SMILES string of the molecule is Cc1[nH]c2ccccc2c1CSc1nnc(COc2ccccc2)n1-c1ccccc1. The molecule has 154 valence electrons. The van der Waals surface area contributed by atoms with Crippen molar-refractivity contribution < 1.29 is 4.74 Å². The van der Waals surface area contributed by atoms with E-state index in [4.69, 9.17) is 4.74 Å². The maximum Gasteiger partial charge on any atom is 0.196 e. The van der Waals surface area contributed by atoms with Gasteiger partial charge < -0.3 is 9.72 Å². The van der Waals surface area contributed by atoms with Crippen LogP contribution >= 0.6 is 11.8 Å². The summed E-state index contributed by atoms with van der Waals surface area (Å²) < 4.78 is 8.04. The Kier molecular flexibility index (Phi) is 5.46. The molecule has 3 aromatic carbocycles. The molecule has 1 N–H and O–H groups in total. The molecule has 0 fully saturated rings. The van der Waals surface area contributed by atoms with Gasteiger partial charge in [0.2, 0.25) is 0 Å². The van der Waals surface area contributed by atoms with Crippen molar-refractivity contribution >= 4 is 22.7 Å². The predicted octanol–water partition coefficient (Wildman–Crippen LogP) is 5.93. The number of aromatic nitrogens is 4. The molecule has 2 aromatic heterocycles. The molecule has 0 spiro atoms. The van der Waals surface area contributed by atoms with Gasteiger partial charge in [-0.3, -0.25) is 4.57 Å². The monoisotopic (exact) mass is 426 g/mol. The van der Waals surface area contributed by atoms with Crippen LogP contribution in [0.1, 0.15) is 17.1 Å². The molecule has 5 rings (SSSR count). The van der Waals surface area contributed by atoms with Gasteiger partial charge >= 0.3 is 0 Å². The number of nitrogens with zero attached hydrogens (tertiary/aromatic N) is 3. The van der Waals surface area contributed by atoms with Crippen LogP contribution in [0.4, 0.5) is 0 Å². The minimum Gasteiger partial charge on any atom is -0.486 e. The quantitative estimate of drug-likeness (QED) is 0.328. The number of aryl methyl sites for hydroxylation is 1. The number of fused-ring (bicyclic) bond motifs is 1. The molecular weight excluding hydrogens is 404 g/mol. The fraction of sp³-hybridized carbons (Fsp3) is 0.120. The molecule has 0 atom stereocenters. The van der Waals surface area contributed by atoms with Gasteiger partial charge in [-0.1, -0.05) is 66.4 Å². The van der Waals surface area contributed by atoms with E-state index in [1.165, 1.54) is 16.6 Å². The summed E-state index contributed by atoms with van der Waals surface area (Å²) in [6.45, 7) is 2.47. The van der Waals surface area contributed by atoms with E-state index >= 15 is 0 Å². The zero-order valence-corrected chi connectivity index (χ0v) is 18.0. The van der Waals surface area contributed by atoms with E-state index in [-0.39, 0.29) is 0 Å². The number of para-hydroxylation sites is 3. The molecule has 0 radical (unpaired) electrons. The van der Waals surface area contributed by atoms with E-state index in [1.54, 1.807) is 11.8 Å². The molecule has 5 nitrogen and oxygen atoms in total. The second kappa shape index (κ2) is 8.70. The Hall–Kier alpha value is -3.51. The Morgan fingerprint density at radius 1 is 0.871 bits per heavy atom. The second-order valence-corrected chi connectivity index (χ2v) is 8.18. The molecule has 6 heteroatoms. The van der Waals surface area contributed by atoms with Crippen LogP contribution < -0.4 is 4.74 Å². The number of rotatable bonds is 7. The summed E-state index contributed by atoms with van der Waals surface area (Å²) in [6.07, 6.45) is 0. The summed E-state index contributed by atoms with van der Waals surface area (Å²) in [4.78, 5) is 3.48. The van der Waals surface area contributed by atoms with E-state index < -0.39 is 0 Å². The van der Waals surface area contributed by atoms with Crippen molar-refractivity contribution in [1.29, 1.82) is 0 Å². The maximum atomic E-state index is 5.96. The molecule has 0 unspecified atom stereocenters. The van der Waals surface area contributed by atoms with Crippen LogP contribution in [-0.2, 0) is 12.4 Å². The number of nitrogens with one attached hydrogen (secondary N) is 1. The number of hydrogen-bond acceptors (Lipinski definition) is 4. The lowest BCUT2D eigenvalue weighted by atomic mass is 10.1. The highest BCUT2D eigenvalue weighted by atomic mass is 32.2. The van der Waals surface area contributed by atoms with Gasteiger partial charge in [0.25, 0.3) is 0 Å². The molecule has 0 saturated carbocycles. The zero-order chi connectivity index (χ0) is 21.0. The highest BCUT2D eigenvalue weighted by Gasteiger charge is 2.17. The van der Waals surface area contributed by atoms with Crippen LogP contribution in [0.25, 0.3) is 16.6 Å². The van der Waals surface area contributed by atoms with Crippen molar-refractivity contribution in [2.24, 2.45) is 0 Å². The van der Waals surface area contributed by atoms with Gasteiger partial charge in [-0.15, -0.1) is 10.2 Å². The zero-order valence-electron chi connectivity index (χ0n) is 17.2. The first kappa shape index (κ1) is 19.5. The fourth-order valence-corrected chi connectivity index (χ4v) is 4.73. The van der Waals surface area contributed by atoms with Crippen molar-refractivity contribution in [3.63, 3.8) is 0 Å². The highest BCUT2D eigenvalue weighted by molar-refractivity contribution is 7.98. The van der Waals surface area contributed by atoms with Crippen LogP contribution in [0.15, 0.2) is 90.1 Å². The van der Waals surface area contributed by atoms with Crippen molar-refractivity contribution in [3.8, 4) is 11.4 Å². The normalized spacial score (nSPS) is 11.1. The lowest BCUT2D eigenvalue weighted by Crippen LogP contribution is -2.06. The maximum absolute atomic E-state index is 5.96. The molecule has 2 heterocycles. The predicted molar refractivity (Wildman–Crippen MR) is 125 cm³/mol. The lowest BCUT2D eigenvalue weighted by Gasteiger charge is -2.11. The summed E-state index contributed by atoms with van der Waals surface area (Å²) in [5.74, 6) is 2.39. The molecule has 0 bridgehead atoms. The fourth-order valence-electron chi connectivity index (χ4n) is 3.65. The van der Waals surface area contributed by atoms with Gasteiger partial charge in [-0.05, 0) is 42.8 Å². The minimum atomic E-state index is 0.346. The first-order valence-electron chi connectivity index (χ1n) is 10.2. The van der Waals surface area contributed by atoms with Gasteiger partial charge in [-0.25, -0.2) is 0 Å². The van der Waals surface area contributed by atoms with E-state index in [9.17, 15) is 0 Å². The average molecular weight is 427 g/mol. The van der Waals surface area contributed by atoms with Gasteiger partial charge in [0.05, 0.1) is 0 Å². The van der Waals surface area contributed by atoms with E-state index in [2.05, 4.69) is 63.1 Å². The summed E-state index contributed by atoms with van der Waals surface area (Å²) in [7, 11) is 0. The summed E-state index contributed by atoms with van der Waals surface area (Å²) in [5.41, 5.74) is 4.67. The number of hydrogen-bond donors (Lipinski definition) is 1. The summed E-state index contributed by atoms with van der Waals surface area (Å²) in [5, 5.41) is 11.1. The Labute approximate surface area is 185 Å². The van der Waals surface area contributed by atoms with Crippen LogP contribution in [0.3, 0.4) is 0 Å². The number of H-pyrrole nitrogens is 1. The third-order valence-electron chi connectivity index (χ3n) is 5.20. The Morgan fingerprint density at radius 3 is 2.39 bits per heavy atom. The molecule has 0 amide bonds. The number of aromatic amines is 1. The molecular formula is C25H22N4OS. The molecule has 5 aromatic rings. The van der Waals surface area contributed by atoms with Crippen molar-refractivity contribution in [2.45, 2.75) is 24.4 Å². The van der Waals surface area contributed by atoms with Gasteiger partial charge in [0.1, 0.15) is 12.4 Å². The Bertz CT molecular complexity index is 1300. The second-order valence-electron chi connectivity index (χ2n) is 7.23. The van der Waals surface area contributed by atoms with Crippen LogP contribution in [-0.4, -0.2) is 19.7 Å². The molecule has 0 saturated heterocycles. The first-order valence-corrected chi connectivity index (χ1v) is 11.1. The van der Waals surface area contributed by atoms with E-state index in [0.29, 0.717) is 6.61 Å². The largest absolute Gasteiger partial charge is 0.486 e. The van der Waals surface area contributed by atoms with Crippen LogP contribution in [0.5, 0.6) is 5.75 Å². The van der Waals surface area contributed by atoms with E-state index in [0.717, 1.165) is 33.7 Å². The minimum absolute atomic E-state index is 0.346. The van der Waals surface area contributed by atoms with Crippen LogP contribution in [0.2, 0.25) is 0 Å².